The van der Waals surface area contributed by atoms with Gasteiger partial charge in [0, 0.05) is 20.8 Å². The second-order valence-corrected chi connectivity index (χ2v) is 3.89. The van der Waals surface area contributed by atoms with Gasteiger partial charge in [-0.25, -0.2) is 0 Å². The van der Waals surface area contributed by atoms with Crippen molar-refractivity contribution in [3.05, 3.63) is 45.9 Å². The summed E-state index contributed by atoms with van der Waals surface area (Å²) in [6.45, 7) is 2.04. The van der Waals surface area contributed by atoms with Gasteiger partial charge in [0.15, 0.2) is 0 Å². The predicted octanol–water partition coefficient (Wildman–Crippen LogP) is 4.46. The third kappa shape index (κ3) is 1.52. The fourth-order valence-corrected chi connectivity index (χ4v) is 1.84. The highest BCUT2D eigenvalue weighted by Crippen LogP contribution is 2.30. The van der Waals surface area contributed by atoms with Crippen LogP contribution < -0.4 is 0 Å². The molecule has 0 saturated carbocycles. The van der Waals surface area contributed by atoms with Crippen molar-refractivity contribution in [1.82, 2.24) is 0 Å². The van der Waals surface area contributed by atoms with Crippen molar-refractivity contribution in [2.75, 3.05) is 0 Å². The SMILES string of the molecule is Cc1ccc2c(Cl)ccc(Cl)c2c1. The van der Waals surface area contributed by atoms with Crippen LogP contribution >= 0.6 is 23.2 Å². The molecule has 2 aromatic rings. The molecule has 0 nitrogen and oxygen atoms in total. The van der Waals surface area contributed by atoms with Crippen LogP contribution in [-0.2, 0) is 0 Å². The minimum atomic E-state index is 0.749. The highest BCUT2D eigenvalue weighted by atomic mass is 35.5. The Morgan fingerprint density at radius 1 is 0.846 bits per heavy atom. The maximum atomic E-state index is 6.04. The van der Waals surface area contributed by atoms with E-state index in [-0.39, 0.29) is 0 Å². The second kappa shape index (κ2) is 3.21. The standard InChI is InChI=1S/C11H8Cl2/c1-7-2-3-8-9(6-7)11(13)5-4-10(8)12/h2-6H,1H3. The Labute approximate surface area is 87.1 Å². The van der Waals surface area contributed by atoms with Crippen molar-refractivity contribution in [3.63, 3.8) is 0 Å². The van der Waals surface area contributed by atoms with Crippen LogP contribution in [0.25, 0.3) is 10.8 Å². The van der Waals surface area contributed by atoms with E-state index in [1.165, 1.54) is 5.56 Å². The van der Waals surface area contributed by atoms with Gasteiger partial charge in [0.1, 0.15) is 0 Å². The molecular weight excluding hydrogens is 203 g/mol. The Hall–Kier alpha value is -0.720. The zero-order valence-corrected chi connectivity index (χ0v) is 8.65. The highest BCUT2D eigenvalue weighted by Gasteiger charge is 2.02. The van der Waals surface area contributed by atoms with Crippen molar-refractivity contribution in [3.8, 4) is 0 Å². The Kier molecular flexibility index (Phi) is 2.19. The first-order valence-electron chi connectivity index (χ1n) is 4.03. The molecule has 66 valence electrons. The zero-order chi connectivity index (χ0) is 9.42. The van der Waals surface area contributed by atoms with Gasteiger partial charge in [-0.3, -0.25) is 0 Å². The van der Waals surface area contributed by atoms with Gasteiger partial charge in [0.25, 0.3) is 0 Å². The summed E-state index contributed by atoms with van der Waals surface area (Å²) in [5, 5.41) is 3.54. The molecule has 0 fully saturated rings. The molecule has 0 atom stereocenters. The van der Waals surface area contributed by atoms with Crippen LogP contribution in [0.3, 0.4) is 0 Å². The van der Waals surface area contributed by atoms with Crippen molar-refractivity contribution < 1.29 is 0 Å². The molecule has 0 aliphatic carbocycles. The number of fused-ring (bicyclic) bond motifs is 1. The Morgan fingerprint density at radius 2 is 1.46 bits per heavy atom. The topological polar surface area (TPSA) is 0 Å². The monoisotopic (exact) mass is 210 g/mol. The number of benzene rings is 2. The normalized spacial score (nSPS) is 10.7. The molecule has 13 heavy (non-hydrogen) atoms. The summed E-state index contributed by atoms with van der Waals surface area (Å²) in [6.07, 6.45) is 0. The first-order chi connectivity index (χ1) is 6.18. The maximum Gasteiger partial charge on any atom is 0.0485 e. The fraction of sp³-hybridized carbons (Fsp3) is 0.0909. The summed E-state index contributed by atoms with van der Waals surface area (Å²) < 4.78 is 0. The van der Waals surface area contributed by atoms with E-state index in [2.05, 4.69) is 0 Å². The first-order valence-corrected chi connectivity index (χ1v) is 4.78. The van der Waals surface area contributed by atoms with Crippen LogP contribution in [0, 0.1) is 6.92 Å². The fourth-order valence-electron chi connectivity index (χ4n) is 1.39. The van der Waals surface area contributed by atoms with Gasteiger partial charge < -0.3 is 0 Å². The van der Waals surface area contributed by atoms with Gasteiger partial charge in [-0.1, -0.05) is 40.9 Å². The number of aryl methyl sites for hydroxylation is 1. The number of halogens is 2. The third-order valence-electron chi connectivity index (χ3n) is 2.07. The number of hydrogen-bond donors (Lipinski definition) is 0. The molecule has 0 N–H and O–H groups in total. The van der Waals surface area contributed by atoms with E-state index in [1.54, 1.807) is 0 Å². The van der Waals surface area contributed by atoms with E-state index in [0.29, 0.717) is 0 Å². The lowest BCUT2D eigenvalue weighted by Crippen LogP contribution is -1.78. The van der Waals surface area contributed by atoms with E-state index < -0.39 is 0 Å². The van der Waals surface area contributed by atoms with Gasteiger partial charge in [-0.15, -0.1) is 0 Å². The van der Waals surface area contributed by atoms with Gasteiger partial charge in [-0.2, -0.15) is 0 Å². The zero-order valence-electron chi connectivity index (χ0n) is 7.14. The van der Waals surface area contributed by atoms with Crippen molar-refractivity contribution in [2.45, 2.75) is 6.92 Å². The van der Waals surface area contributed by atoms with E-state index >= 15 is 0 Å². The molecule has 2 heteroatoms. The molecule has 0 heterocycles. The minimum Gasteiger partial charge on any atom is -0.0837 e. The summed E-state index contributed by atoms with van der Waals surface area (Å²) in [4.78, 5) is 0. The molecule has 0 unspecified atom stereocenters. The number of rotatable bonds is 0. The molecule has 0 bridgehead atoms. The quantitative estimate of drug-likeness (QED) is 0.603. The van der Waals surface area contributed by atoms with Crippen LogP contribution in [0.15, 0.2) is 30.3 Å². The van der Waals surface area contributed by atoms with E-state index in [4.69, 9.17) is 23.2 Å². The Morgan fingerprint density at radius 3 is 2.15 bits per heavy atom. The molecule has 0 spiro atoms. The third-order valence-corrected chi connectivity index (χ3v) is 2.72. The van der Waals surface area contributed by atoms with Crippen LogP contribution in [0.1, 0.15) is 5.56 Å². The summed E-state index contributed by atoms with van der Waals surface area (Å²) in [5.41, 5.74) is 1.19. The van der Waals surface area contributed by atoms with Gasteiger partial charge in [0.05, 0.1) is 0 Å². The van der Waals surface area contributed by atoms with Crippen LogP contribution in [0.4, 0.5) is 0 Å². The molecule has 0 aromatic heterocycles. The molecule has 0 aliphatic rings. The van der Waals surface area contributed by atoms with Crippen LogP contribution in [0.2, 0.25) is 10.0 Å². The predicted molar refractivity (Wildman–Crippen MR) is 58.7 cm³/mol. The smallest absolute Gasteiger partial charge is 0.0485 e. The molecule has 0 aliphatic heterocycles. The summed E-state index contributed by atoms with van der Waals surface area (Å²) in [7, 11) is 0. The summed E-state index contributed by atoms with van der Waals surface area (Å²) >= 11 is 12.1. The van der Waals surface area contributed by atoms with Crippen molar-refractivity contribution in [2.24, 2.45) is 0 Å². The average Bonchev–Trinajstić information content (AvgIpc) is 2.12. The largest absolute Gasteiger partial charge is 0.0837 e. The Balaban J connectivity index is 2.92. The molecule has 0 amide bonds. The Bertz CT molecular complexity index is 461. The van der Waals surface area contributed by atoms with E-state index in [9.17, 15) is 0 Å². The van der Waals surface area contributed by atoms with Gasteiger partial charge >= 0.3 is 0 Å². The molecule has 0 saturated heterocycles. The molecule has 0 radical (unpaired) electrons. The lowest BCUT2D eigenvalue weighted by molar-refractivity contribution is 1.51. The van der Waals surface area contributed by atoms with E-state index in [1.807, 2.05) is 37.3 Å². The van der Waals surface area contributed by atoms with Crippen molar-refractivity contribution in [1.29, 1.82) is 0 Å². The molecular formula is C11H8Cl2. The number of hydrogen-bond acceptors (Lipinski definition) is 0. The second-order valence-electron chi connectivity index (χ2n) is 3.08. The van der Waals surface area contributed by atoms with Crippen molar-refractivity contribution >= 4 is 34.0 Å². The summed E-state index contributed by atoms with van der Waals surface area (Å²) in [6, 6.07) is 9.72. The van der Waals surface area contributed by atoms with Crippen LogP contribution in [0.5, 0.6) is 0 Å². The van der Waals surface area contributed by atoms with Gasteiger partial charge in [0.2, 0.25) is 0 Å². The molecule has 2 rings (SSSR count). The first kappa shape index (κ1) is 8.86. The van der Waals surface area contributed by atoms with Gasteiger partial charge in [-0.05, 0) is 25.1 Å². The average molecular weight is 211 g/mol. The lowest BCUT2D eigenvalue weighted by Gasteiger charge is -2.03. The summed E-state index contributed by atoms with van der Waals surface area (Å²) in [5.74, 6) is 0. The highest BCUT2D eigenvalue weighted by molar-refractivity contribution is 6.40. The molecule has 2 aromatic carbocycles. The maximum absolute atomic E-state index is 6.04. The van der Waals surface area contributed by atoms with Crippen LogP contribution in [-0.4, -0.2) is 0 Å². The lowest BCUT2D eigenvalue weighted by atomic mass is 10.1. The minimum absolute atomic E-state index is 0.749. The van der Waals surface area contributed by atoms with E-state index in [0.717, 1.165) is 20.8 Å².